The first-order valence-electron chi connectivity index (χ1n) is 7.76. The van der Waals surface area contributed by atoms with Crippen LogP contribution in [0, 0.1) is 5.41 Å². The van der Waals surface area contributed by atoms with E-state index in [2.05, 4.69) is 10.5 Å². The van der Waals surface area contributed by atoms with Gasteiger partial charge in [-0.05, 0) is 39.3 Å². The molecule has 26 heavy (non-hydrogen) atoms. The van der Waals surface area contributed by atoms with Gasteiger partial charge in [-0.25, -0.2) is 9.78 Å². The van der Waals surface area contributed by atoms with E-state index in [4.69, 9.17) is 20.7 Å². The summed E-state index contributed by atoms with van der Waals surface area (Å²) in [6.07, 6.45) is -0.411. The number of ether oxygens (including phenoxy) is 1. The summed E-state index contributed by atoms with van der Waals surface area (Å²) in [4.78, 5) is 32.4. The summed E-state index contributed by atoms with van der Waals surface area (Å²) in [6, 6.07) is 2.70. The number of aliphatic carboxylic acids is 1. The number of esters is 1. The molecule has 2 unspecified atom stereocenters. The average Bonchev–Trinajstić information content (AvgIpc) is 2.92. The van der Waals surface area contributed by atoms with E-state index >= 15 is 0 Å². The molecule has 2 heterocycles. The fraction of sp³-hybridized carbons (Fsp3) is 0.500. The van der Waals surface area contributed by atoms with Crippen LogP contribution >= 0.6 is 0 Å². The number of pyridine rings is 1. The number of aromatic nitrogens is 1. The number of hydrogen-bond acceptors (Lipinski definition) is 8. The average molecular weight is 356 g/mol. The summed E-state index contributed by atoms with van der Waals surface area (Å²) < 4.78 is 5.30. The van der Waals surface area contributed by atoms with Crippen LogP contribution in [0.25, 0.3) is 0 Å². The first kappa shape index (κ1) is 22.1. The maximum absolute atomic E-state index is 12.3. The van der Waals surface area contributed by atoms with Crippen LogP contribution in [0.3, 0.4) is 0 Å². The zero-order chi connectivity index (χ0) is 18.8. The van der Waals surface area contributed by atoms with E-state index in [9.17, 15) is 14.7 Å². The van der Waals surface area contributed by atoms with Gasteiger partial charge in [0.25, 0.3) is 0 Å². The molecular weight excluding hydrogens is 335 g/mol. The Hall–Kier alpha value is -1.92. The number of nitrogens with zero attached hydrogens (tertiary/aromatic N) is 1. The molecule has 9 nitrogen and oxygen atoms in total. The van der Waals surface area contributed by atoms with Crippen molar-refractivity contribution in [2.24, 2.45) is 5.73 Å². The van der Waals surface area contributed by atoms with Crippen LogP contribution in [-0.2, 0) is 14.4 Å². The Balaban J connectivity index is 0.00000338. The van der Waals surface area contributed by atoms with Gasteiger partial charge >= 0.3 is 24.8 Å². The standard InChI is InChI=1S/C16H22N4O5.Li/c1-16(2,3)24-15(23)9-4-5-10(19-13(9)14(17)18)11-6-8(25-20-11)7-12(21)22;/h4-5,8,11,20H,6-7H2,1-3H3,(H3,17,18)(H,21,22);/q;+1/p-1. The van der Waals surface area contributed by atoms with E-state index in [1.807, 2.05) is 0 Å². The second-order valence-corrected chi connectivity index (χ2v) is 6.77. The van der Waals surface area contributed by atoms with E-state index in [0.717, 1.165) is 0 Å². The van der Waals surface area contributed by atoms with E-state index in [1.54, 1.807) is 26.8 Å². The second-order valence-electron chi connectivity index (χ2n) is 6.77. The minimum atomic E-state index is -1.20. The van der Waals surface area contributed by atoms with Crippen molar-refractivity contribution in [3.8, 4) is 0 Å². The van der Waals surface area contributed by atoms with Crippen molar-refractivity contribution in [3.63, 3.8) is 0 Å². The Kier molecular flexibility index (Phi) is 7.35. The van der Waals surface area contributed by atoms with E-state index in [1.165, 1.54) is 6.07 Å². The Labute approximate surface area is 163 Å². The predicted molar refractivity (Wildman–Crippen MR) is 85.4 cm³/mol. The van der Waals surface area contributed by atoms with Gasteiger partial charge in [0, 0.05) is 12.4 Å². The van der Waals surface area contributed by atoms with Crippen molar-refractivity contribution >= 4 is 17.8 Å². The maximum Gasteiger partial charge on any atom is 1.00 e. The van der Waals surface area contributed by atoms with E-state index < -0.39 is 23.6 Å². The largest absolute Gasteiger partial charge is 1.00 e. The first-order chi connectivity index (χ1) is 11.6. The van der Waals surface area contributed by atoms with Crippen molar-refractivity contribution in [1.29, 1.82) is 5.41 Å². The molecule has 0 aliphatic carbocycles. The number of carbonyl (C=O) groups excluding carboxylic acids is 2. The topological polar surface area (TPSA) is 150 Å². The van der Waals surface area contributed by atoms with Crippen LogP contribution in [-0.4, -0.2) is 34.5 Å². The Morgan fingerprint density at radius 2 is 2.12 bits per heavy atom. The first-order valence-corrected chi connectivity index (χ1v) is 7.76. The number of nitrogens with two attached hydrogens (primary N) is 1. The minimum Gasteiger partial charge on any atom is -0.550 e. The minimum absolute atomic E-state index is 0. The van der Waals surface area contributed by atoms with Crippen LogP contribution in [0.4, 0.5) is 0 Å². The molecule has 1 aromatic rings. The molecule has 1 aliphatic rings. The van der Waals surface area contributed by atoms with Crippen molar-refractivity contribution in [1.82, 2.24) is 10.5 Å². The molecule has 1 aliphatic heterocycles. The zero-order valence-corrected chi connectivity index (χ0v) is 15.3. The summed E-state index contributed by atoms with van der Waals surface area (Å²) in [5.74, 6) is -2.19. The van der Waals surface area contributed by atoms with Gasteiger partial charge in [-0.3, -0.25) is 10.2 Å². The van der Waals surface area contributed by atoms with Crippen LogP contribution < -0.4 is 35.2 Å². The molecule has 0 saturated carbocycles. The monoisotopic (exact) mass is 356 g/mol. The zero-order valence-electron chi connectivity index (χ0n) is 15.3. The summed E-state index contributed by atoms with van der Waals surface area (Å²) in [7, 11) is 0. The van der Waals surface area contributed by atoms with Gasteiger partial charge in [0.15, 0.2) is 0 Å². The number of rotatable bonds is 5. The van der Waals surface area contributed by atoms with Crippen LogP contribution in [0.2, 0.25) is 0 Å². The maximum atomic E-state index is 12.3. The Bertz CT molecular complexity index is 704. The number of hydrogen-bond donors (Lipinski definition) is 3. The number of nitrogens with one attached hydrogen (secondary N) is 2. The number of hydroxylamine groups is 1. The fourth-order valence-corrected chi connectivity index (χ4v) is 2.40. The molecule has 1 aromatic heterocycles. The number of nitrogen functional groups attached to an aromatic ring is 1. The smallest absolute Gasteiger partial charge is 0.550 e. The molecule has 1 fully saturated rings. The second kappa shape index (κ2) is 8.64. The molecular formula is C16H21LiN4O5. The number of carboxylic acids is 1. The normalized spacial score (nSPS) is 19.5. The molecule has 0 aromatic carbocycles. The Morgan fingerprint density at radius 3 is 2.65 bits per heavy atom. The van der Waals surface area contributed by atoms with Crippen LogP contribution in [0.1, 0.15) is 61.4 Å². The van der Waals surface area contributed by atoms with Gasteiger partial charge in [-0.15, -0.1) is 0 Å². The molecule has 2 atom stereocenters. The van der Waals surface area contributed by atoms with Gasteiger partial charge in [0.05, 0.1) is 23.4 Å². The third-order valence-electron chi connectivity index (χ3n) is 3.42. The quantitative estimate of drug-likeness (QED) is 0.216. The molecule has 0 bridgehead atoms. The predicted octanol–water partition coefficient (Wildman–Crippen LogP) is -3.20. The van der Waals surface area contributed by atoms with Crippen molar-refractivity contribution in [2.75, 3.05) is 0 Å². The van der Waals surface area contributed by atoms with E-state index in [-0.39, 0.29) is 48.4 Å². The van der Waals surface area contributed by atoms with Crippen molar-refractivity contribution < 1.29 is 43.1 Å². The van der Waals surface area contributed by atoms with Gasteiger partial charge in [0.2, 0.25) is 0 Å². The molecule has 10 heteroatoms. The SMILES string of the molecule is CC(C)(C)OC(=O)c1ccc(C2CC(CC(=O)[O-])ON2)nc1C(=N)N.[Li+]. The molecule has 136 valence electrons. The van der Waals surface area contributed by atoms with Crippen LogP contribution in [0.15, 0.2) is 12.1 Å². The number of carbonyl (C=O) groups is 2. The summed E-state index contributed by atoms with van der Waals surface area (Å²) in [5.41, 5.74) is 8.15. The summed E-state index contributed by atoms with van der Waals surface area (Å²) in [5, 5.41) is 18.3. The van der Waals surface area contributed by atoms with Gasteiger partial charge in [-0.2, -0.15) is 5.48 Å². The van der Waals surface area contributed by atoms with Gasteiger partial charge in [0.1, 0.15) is 17.1 Å². The van der Waals surface area contributed by atoms with Crippen molar-refractivity contribution in [3.05, 3.63) is 29.1 Å². The molecule has 2 rings (SSSR count). The summed E-state index contributed by atoms with van der Waals surface area (Å²) in [6.45, 7) is 5.20. The van der Waals surface area contributed by atoms with Crippen LogP contribution in [0.5, 0.6) is 0 Å². The van der Waals surface area contributed by atoms with Gasteiger partial charge < -0.3 is 20.4 Å². The van der Waals surface area contributed by atoms with E-state index in [0.29, 0.717) is 12.1 Å². The number of amidine groups is 1. The molecule has 0 radical (unpaired) electrons. The third-order valence-corrected chi connectivity index (χ3v) is 3.42. The molecule has 0 amide bonds. The molecule has 4 N–H and O–H groups in total. The fourth-order valence-electron chi connectivity index (χ4n) is 2.40. The van der Waals surface area contributed by atoms with Crippen molar-refractivity contribution in [2.45, 2.75) is 51.4 Å². The Morgan fingerprint density at radius 1 is 1.46 bits per heavy atom. The summed E-state index contributed by atoms with van der Waals surface area (Å²) >= 11 is 0. The third kappa shape index (κ3) is 5.81. The van der Waals surface area contributed by atoms with Gasteiger partial charge in [-0.1, -0.05) is 0 Å². The molecule has 0 spiro atoms. The molecule has 1 saturated heterocycles. The number of carboxylic acid groups (broad SMARTS) is 1.